The first-order valence-electron chi connectivity index (χ1n) is 11.5. The van der Waals surface area contributed by atoms with E-state index < -0.39 is 15.9 Å². The van der Waals surface area contributed by atoms with Crippen LogP contribution in [-0.2, 0) is 10.0 Å². The minimum absolute atomic E-state index is 0.0638. The number of carbonyl (C=O) groups excluding carboxylic acids is 1. The van der Waals surface area contributed by atoms with E-state index in [0.717, 1.165) is 22.3 Å². The van der Waals surface area contributed by atoms with Gasteiger partial charge >= 0.3 is 0 Å². The Labute approximate surface area is 215 Å². The van der Waals surface area contributed by atoms with Gasteiger partial charge in [-0.05, 0) is 75.6 Å². The Kier molecular flexibility index (Phi) is 7.25. The van der Waals surface area contributed by atoms with Crippen LogP contribution in [0.3, 0.4) is 0 Å². The highest BCUT2D eigenvalue weighted by atomic mass is 32.2. The molecule has 0 radical (unpaired) electrons. The predicted octanol–water partition coefficient (Wildman–Crippen LogP) is 4.41. The zero-order valence-corrected chi connectivity index (χ0v) is 21.9. The van der Waals surface area contributed by atoms with Crippen LogP contribution in [-0.4, -0.2) is 41.1 Å². The first-order valence-corrected chi connectivity index (χ1v) is 13.0. The number of nitrogens with one attached hydrogen (secondary N) is 2. The van der Waals surface area contributed by atoms with Crippen LogP contribution in [0.15, 0.2) is 53.7 Å². The zero-order chi connectivity index (χ0) is 26.7. The molecule has 0 aliphatic rings. The third-order valence-corrected chi connectivity index (χ3v) is 6.66. The third-order valence-electron chi connectivity index (χ3n) is 5.40. The van der Waals surface area contributed by atoms with Crippen molar-refractivity contribution in [2.24, 2.45) is 0 Å². The monoisotopic (exact) mass is 521 g/mol. The molecule has 2 N–H and O–H groups in total. The summed E-state index contributed by atoms with van der Waals surface area (Å²) in [5.41, 5.74) is 4.53. The number of benzene rings is 1. The van der Waals surface area contributed by atoms with E-state index in [-0.39, 0.29) is 16.5 Å². The van der Waals surface area contributed by atoms with E-state index >= 15 is 0 Å². The molecule has 0 saturated carbocycles. The maximum absolute atomic E-state index is 13.2. The summed E-state index contributed by atoms with van der Waals surface area (Å²) in [5, 5.41) is 5.73. The molecule has 3 heterocycles. The van der Waals surface area contributed by atoms with Gasteiger partial charge in [0.2, 0.25) is 11.8 Å². The summed E-state index contributed by atoms with van der Waals surface area (Å²) in [6.07, 6.45) is 1.28. The van der Waals surface area contributed by atoms with Gasteiger partial charge in [-0.2, -0.15) is 13.5 Å². The van der Waals surface area contributed by atoms with Crippen LogP contribution < -0.4 is 14.2 Å². The van der Waals surface area contributed by atoms with Gasteiger partial charge in [-0.3, -0.25) is 9.89 Å². The lowest BCUT2D eigenvalue weighted by molar-refractivity contribution is 0.0978. The molecule has 4 rings (SSSR count). The van der Waals surface area contributed by atoms with Crippen molar-refractivity contribution in [1.29, 1.82) is 0 Å². The lowest BCUT2D eigenvalue weighted by Crippen LogP contribution is -2.31. The van der Waals surface area contributed by atoms with Crippen LogP contribution in [0, 0.1) is 27.7 Å². The Morgan fingerprint density at radius 1 is 0.946 bits per heavy atom. The summed E-state index contributed by atoms with van der Waals surface area (Å²) in [6, 6.07) is 11.8. The van der Waals surface area contributed by atoms with Gasteiger partial charge < -0.3 is 9.47 Å². The Hall–Kier alpha value is -4.25. The number of rotatable bonds is 8. The highest BCUT2D eigenvalue weighted by Crippen LogP contribution is 2.33. The second-order valence-corrected chi connectivity index (χ2v) is 10.2. The van der Waals surface area contributed by atoms with Gasteiger partial charge in [-0.25, -0.2) is 14.7 Å². The summed E-state index contributed by atoms with van der Waals surface area (Å²) in [5.74, 6) is -0.00296. The molecule has 0 fully saturated rings. The lowest BCUT2D eigenvalue weighted by atomic mass is 10.1. The molecule has 0 aliphatic carbocycles. The molecule has 1 aromatic carbocycles. The fourth-order valence-corrected chi connectivity index (χ4v) is 4.75. The average Bonchev–Trinajstić information content (AvgIpc) is 3.37. The molecule has 37 heavy (non-hydrogen) atoms. The second kappa shape index (κ2) is 10.4. The van der Waals surface area contributed by atoms with Crippen molar-refractivity contribution in [1.82, 2.24) is 24.9 Å². The smallest absolute Gasteiger partial charge is 0.281 e. The molecule has 0 spiro atoms. The molecule has 0 bridgehead atoms. The number of hydrogen-bond donors (Lipinski definition) is 2. The quantitative estimate of drug-likeness (QED) is 0.348. The molecule has 0 aliphatic heterocycles. The number of hydrogen-bond acceptors (Lipinski definition) is 8. The summed E-state index contributed by atoms with van der Waals surface area (Å²) in [7, 11) is -4.19. The summed E-state index contributed by atoms with van der Waals surface area (Å²) >= 11 is 0. The van der Waals surface area contributed by atoms with E-state index in [1.807, 2.05) is 63.6 Å². The van der Waals surface area contributed by atoms with Gasteiger partial charge in [-0.15, -0.1) is 0 Å². The van der Waals surface area contributed by atoms with Gasteiger partial charge in [0.25, 0.3) is 15.9 Å². The second-order valence-electron chi connectivity index (χ2n) is 8.54. The van der Waals surface area contributed by atoms with E-state index in [9.17, 15) is 13.2 Å². The van der Waals surface area contributed by atoms with E-state index in [1.54, 1.807) is 6.07 Å². The SMILES string of the molecule is CCOc1cc(C)cc(-c2ccc(C(=O)NS(=O)(=O)c3ccn[nH]3)c(Oc3c(C)cc(C)cc3C)n2)n1. The highest BCUT2D eigenvalue weighted by Gasteiger charge is 2.25. The number of sulfonamides is 1. The number of ether oxygens (including phenoxy) is 2. The summed E-state index contributed by atoms with van der Waals surface area (Å²) in [4.78, 5) is 22.2. The number of nitrogens with zero attached hydrogens (tertiary/aromatic N) is 3. The average molecular weight is 522 g/mol. The maximum Gasteiger partial charge on any atom is 0.281 e. The molecule has 10 nitrogen and oxygen atoms in total. The number of carbonyl (C=O) groups is 1. The number of aryl methyl sites for hydroxylation is 4. The molecule has 192 valence electrons. The van der Waals surface area contributed by atoms with E-state index in [2.05, 4.69) is 20.2 Å². The third kappa shape index (κ3) is 5.78. The maximum atomic E-state index is 13.2. The first kappa shape index (κ1) is 25.8. The first-order chi connectivity index (χ1) is 17.6. The van der Waals surface area contributed by atoms with Gasteiger partial charge in [-0.1, -0.05) is 17.7 Å². The molecular formula is C26H27N5O5S. The van der Waals surface area contributed by atoms with Crippen molar-refractivity contribution in [2.45, 2.75) is 39.6 Å². The highest BCUT2D eigenvalue weighted by molar-refractivity contribution is 7.90. The fraction of sp³-hybridized carbons (Fsp3) is 0.231. The molecule has 0 saturated heterocycles. The largest absolute Gasteiger partial charge is 0.478 e. The standard InChI is InChI=1S/C26H27N5O5S/c1-6-35-22-14-16(3)13-21(28-22)20-8-7-19(25(32)31-37(33,34)23-9-10-27-30-23)26(29-20)36-24-17(4)11-15(2)12-18(24)5/h7-14H,6H2,1-5H3,(H,27,30)(H,31,32). The Morgan fingerprint density at radius 3 is 2.30 bits per heavy atom. The summed E-state index contributed by atoms with van der Waals surface area (Å²) in [6.45, 7) is 9.97. The number of pyridine rings is 2. The normalized spacial score (nSPS) is 11.3. The van der Waals surface area contributed by atoms with Crippen LogP contribution in [0.2, 0.25) is 0 Å². The predicted molar refractivity (Wildman–Crippen MR) is 137 cm³/mol. The van der Waals surface area contributed by atoms with Crippen molar-refractivity contribution in [3.05, 3.63) is 76.5 Å². The number of amides is 1. The molecule has 0 unspecified atom stereocenters. The lowest BCUT2D eigenvalue weighted by Gasteiger charge is -2.16. The van der Waals surface area contributed by atoms with E-state index in [0.29, 0.717) is 29.6 Å². The fourth-order valence-electron chi connectivity index (χ4n) is 3.87. The van der Waals surface area contributed by atoms with Crippen molar-refractivity contribution in [3.63, 3.8) is 0 Å². The van der Waals surface area contributed by atoms with Crippen molar-refractivity contribution >= 4 is 15.9 Å². The molecular weight excluding hydrogens is 494 g/mol. The van der Waals surface area contributed by atoms with Gasteiger partial charge in [0, 0.05) is 6.07 Å². The molecule has 4 aromatic rings. The zero-order valence-electron chi connectivity index (χ0n) is 21.1. The molecule has 1 amide bonds. The van der Waals surface area contributed by atoms with Crippen LogP contribution in [0.5, 0.6) is 17.5 Å². The summed E-state index contributed by atoms with van der Waals surface area (Å²) < 4.78 is 39.0. The minimum Gasteiger partial charge on any atom is -0.478 e. The molecule has 0 atom stereocenters. The topological polar surface area (TPSA) is 136 Å². The van der Waals surface area contributed by atoms with Crippen molar-refractivity contribution < 1.29 is 22.7 Å². The van der Waals surface area contributed by atoms with Crippen LogP contribution >= 0.6 is 0 Å². The van der Waals surface area contributed by atoms with Crippen LogP contribution in [0.4, 0.5) is 0 Å². The van der Waals surface area contributed by atoms with Gasteiger partial charge in [0.15, 0.2) is 5.03 Å². The number of aromatic amines is 1. The van der Waals surface area contributed by atoms with Crippen LogP contribution in [0.25, 0.3) is 11.4 Å². The Morgan fingerprint density at radius 2 is 1.65 bits per heavy atom. The van der Waals surface area contributed by atoms with Crippen LogP contribution in [0.1, 0.15) is 39.5 Å². The minimum atomic E-state index is -4.19. The Bertz CT molecular complexity index is 1540. The molecule has 11 heteroatoms. The Balaban J connectivity index is 1.80. The number of aromatic nitrogens is 4. The molecule has 3 aromatic heterocycles. The van der Waals surface area contributed by atoms with E-state index in [1.165, 1.54) is 18.3 Å². The van der Waals surface area contributed by atoms with Gasteiger partial charge in [0.05, 0.1) is 24.2 Å². The van der Waals surface area contributed by atoms with E-state index in [4.69, 9.17) is 9.47 Å². The number of H-pyrrole nitrogens is 1. The van der Waals surface area contributed by atoms with Crippen molar-refractivity contribution in [2.75, 3.05) is 6.61 Å². The van der Waals surface area contributed by atoms with Gasteiger partial charge in [0.1, 0.15) is 11.3 Å². The van der Waals surface area contributed by atoms with Crippen molar-refractivity contribution in [3.8, 4) is 28.9 Å².